The fraction of sp³-hybridized carbons (Fsp3) is 0.172. The Morgan fingerprint density at radius 2 is 1.56 bits per heavy atom. The topological polar surface area (TPSA) is 66.6 Å². The van der Waals surface area contributed by atoms with Crippen LogP contribution in [0.4, 0.5) is 0 Å². The summed E-state index contributed by atoms with van der Waals surface area (Å²) in [6.45, 7) is 4.09. The standard InChI is InChI=1S/C29H29N3O2/c1-21-19-26(20-30-31-29(34)18-17-28(33)25-11-7-4-8-12-25)22(2)32(21)27-15-13-24(14-16-27)23-9-5-3-6-10-23/h3-16,19-20,28,33H,17-18H2,1-2H3,(H,31,34)/b30-20-/t28-/m1/s1. The first-order chi connectivity index (χ1) is 16.5. The lowest BCUT2D eigenvalue weighted by Crippen LogP contribution is -2.18. The van der Waals surface area contributed by atoms with E-state index in [0.29, 0.717) is 6.42 Å². The van der Waals surface area contributed by atoms with Gasteiger partial charge in [0.15, 0.2) is 0 Å². The molecule has 4 aromatic rings. The Hall–Kier alpha value is -3.96. The molecule has 0 bridgehead atoms. The summed E-state index contributed by atoms with van der Waals surface area (Å²) in [5, 5.41) is 14.3. The van der Waals surface area contributed by atoms with Gasteiger partial charge in [0.1, 0.15) is 0 Å². The largest absolute Gasteiger partial charge is 0.388 e. The Morgan fingerprint density at radius 3 is 2.24 bits per heavy atom. The van der Waals surface area contributed by atoms with Gasteiger partial charge in [-0.2, -0.15) is 5.10 Å². The van der Waals surface area contributed by atoms with Crippen molar-refractivity contribution in [2.24, 2.45) is 5.10 Å². The summed E-state index contributed by atoms with van der Waals surface area (Å²) < 4.78 is 2.17. The molecular formula is C29H29N3O2. The number of rotatable bonds is 8. The highest BCUT2D eigenvalue weighted by atomic mass is 16.3. The first-order valence-electron chi connectivity index (χ1n) is 11.4. The number of aromatic nitrogens is 1. The van der Waals surface area contributed by atoms with Gasteiger partial charge in [-0.3, -0.25) is 4.79 Å². The van der Waals surface area contributed by atoms with Crippen molar-refractivity contribution in [2.75, 3.05) is 0 Å². The van der Waals surface area contributed by atoms with E-state index in [1.54, 1.807) is 6.21 Å². The number of aryl methyl sites for hydroxylation is 1. The van der Waals surface area contributed by atoms with Crippen LogP contribution < -0.4 is 5.43 Å². The molecule has 1 atom stereocenters. The fourth-order valence-electron chi connectivity index (χ4n) is 4.09. The lowest BCUT2D eigenvalue weighted by atomic mass is 10.1. The molecule has 1 aromatic heterocycles. The minimum atomic E-state index is -0.664. The van der Waals surface area contributed by atoms with Crippen molar-refractivity contribution < 1.29 is 9.90 Å². The molecule has 2 N–H and O–H groups in total. The molecular weight excluding hydrogens is 422 g/mol. The van der Waals surface area contributed by atoms with Crippen LogP contribution in [0.1, 0.15) is 41.5 Å². The van der Waals surface area contributed by atoms with Crippen LogP contribution in [0.15, 0.2) is 96.1 Å². The van der Waals surface area contributed by atoms with Crippen LogP contribution in [0.5, 0.6) is 0 Å². The maximum atomic E-state index is 12.2. The molecule has 1 heterocycles. The quantitative estimate of drug-likeness (QED) is 0.266. The van der Waals surface area contributed by atoms with Crippen LogP contribution in [0.3, 0.4) is 0 Å². The second-order valence-corrected chi connectivity index (χ2v) is 8.33. The lowest BCUT2D eigenvalue weighted by molar-refractivity contribution is -0.121. The van der Waals surface area contributed by atoms with E-state index in [0.717, 1.165) is 28.2 Å². The molecule has 0 saturated carbocycles. The average Bonchev–Trinajstić information content (AvgIpc) is 3.16. The van der Waals surface area contributed by atoms with E-state index in [9.17, 15) is 9.90 Å². The highest BCUT2D eigenvalue weighted by molar-refractivity contribution is 5.84. The number of aliphatic hydroxyl groups is 1. The number of carbonyl (C=O) groups is 1. The molecule has 0 fully saturated rings. The molecule has 5 heteroatoms. The van der Waals surface area contributed by atoms with Gasteiger partial charge in [-0.05, 0) is 55.2 Å². The molecule has 34 heavy (non-hydrogen) atoms. The third-order valence-corrected chi connectivity index (χ3v) is 5.92. The fourth-order valence-corrected chi connectivity index (χ4v) is 4.09. The van der Waals surface area contributed by atoms with E-state index in [1.165, 1.54) is 11.1 Å². The van der Waals surface area contributed by atoms with Gasteiger partial charge in [0, 0.05) is 29.1 Å². The van der Waals surface area contributed by atoms with Crippen LogP contribution in [0.25, 0.3) is 16.8 Å². The minimum absolute atomic E-state index is 0.195. The smallest absolute Gasteiger partial charge is 0.240 e. The molecule has 0 spiro atoms. The highest BCUT2D eigenvalue weighted by Crippen LogP contribution is 2.24. The van der Waals surface area contributed by atoms with E-state index >= 15 is 0 Å². The molecule has 0 aliphatic rings. The van der Waals surface area contributed by atoms with Crippen LogP contribution in [-0.4, -0.2) is 21.8 Å². The van der Waals surface area contributed by atoms with Crippen molar-refractivity contribution in [1.29, 1.82) is 0 Å². The highest BCUT2D eigenvalue weighted by Gasteiger charge is 2.11. The zero-order valence-electron chi connectivity index (χ0n) is 19.5. The first kappa shape index (κ1) is 23.2. The van der Waals surface area contributed by atoms with Crippen LogP contribution in [0, 0.1) is 13.8 Å². The Bertz CT molecular complexity index is 1260. The van der Waals surface area contributed by atoms with Gasteiger partial charge in [0.25, 0.3) is 0 Å². The normalized spacial score (nSPS) is 12.1. The van der Waals surface area contributed by atoms with Crippen LogP contribution >= 0.6 is 0 Å². The zero-order valence-corrected chi connectivity index (χ0v) is 19.5. The second-order valence-electron chi connectivity index (χ2n) is 8.33. The number of hydrazone groups is 1. The second kappa shape index (κ2) is 10.8. The summed E-state index contributed by atoms with van der Waals surface area (Å²) in [6, 6.07) is 30.2. The molecule has 0 aliphatic heterocycles. The zero-order chi connectivity index (χ0) is 23.9. The van der Waals surface area contributed by atoms with Gasteiger partial charge in [-0.25, -0.2) is 5.43 Å². The molecule has 0 radical (unpaired) electrons. The minimum Gasteiger partial charge on any atom is -0.388 e. The number of benzene rings is 3. The van der Waals surface area contributed by atoms with E-state index in [1.807, 2.05) is 55.5 Å². The molecule has 5 nitrogen and oxygen atoms in total. The summed E-state index contributed by atoms with van der Waals surface area (Å²) in [4.78, 5) is 12.2. The number of nitrogens with zero attached hydrogens (tertiary/aromatic N) is 2. The Kier molecular flexibility index (Phi) is 7.35. The maximum Gasteiger partial charge on any atom is 0.240 e. The Labute approximate surface area is 200 Å². The van der Waals surface area contributed by atoms with Crippen molar-refractivity contribution >= 4 is 12.1 Å². The number of aliphatic hydroxyl groups excluding tert-OH is 1. The van der Waals surface area contributed by atoms with Gasteiger partial charge >= 0.3 is 0 Å². The third kappa shape index (κ3) is 5.50. The molecule has 172 valence electrons. The summed E-state index contributed by atoms with van der Waals surface area (Å²) in [7, 11) is 0. The van der Waals surface area contributed by atoms with E-state index in [2.05, 4.69) is 64.5 Å². The Balaban J connectivity index is 1.38. The van der Waals surface area contributed by atoms with Crippen LogP contribution in [-0.2, 0) is 4.79 Å². The van der Waals surface area contributed by atoms with Gasteiger partial charge in [-0.1, -0.05) is 72.8 Å². The summed E-state index contributed by atoms with van der Waals surface area (Å²) in [5.74, 6) is -0.225. The summed E-state index contributed by atoms with van der Waals surface area (Å²) >= 11 is 0. The molecule has 4 rings (SSSR count). The van der Waals surface area contributed by atoms with E-state index < -0.39 is 6.10 Å². The molecule has 0 aliphatic carbocycles. The average molecular weight is 452 g/mol. The number of hydrogen-bond donors (Lipinski definition) is 2. The van der Waals surface area contributed by atoms with Gasteiger partial charge in [0.2, 0.25) is 5.91 Å². The molecule has 1 amide bonds. The molecule has 0 unspecified atom stereocenters. The van der Waals surface area contributed by atoms with Gasteiger partial charge in [0.05, 0.1) is 12.3 Å². The van der Waals surface area contributed by atoms with E-state index in [4.69, 9.17) is 0 Å². The van der Waals surface area contributed by atoms with Crippen molar-refractivity contribution in [1.82, 2.24) is 9.99 Å². The van der Waals surface area contributed by atoms with Crippen LogP contribution in [0.2, 0.25) is 0 Å². The first-order valence-corrected chi connectivity index (χ1v) is 11.4. The van der Waals surface area contributed by atoms with Gasteiger partial charge in [-0.15, -0.1) is 0 Å². The predicted octanol–water partition coefficient (Wildman–Crippen LogP) is 5.73. The maximum absolute atomic E-state index is 12.2. The number of nitrogens with one attached hydrogen (secondary N) is 1. The Morgan fingerprint density at radius 1 is 0.941 bits per heavy atom. The van der Waals surface area contributed by atoms with E-state index in [-0.39, 0.29) is 12.3 Å². The van der Waals surface area contributed by atoms with Crippen molar-refractivity contribution in [3.63, 3.8) is 0 Å². The number of amides is 1. The summed E-state index contributed by atoms with van der Waals surface area (Å²) in [5.41, 5.74) is 9.89. The molecule has 3 aromatic carbocycles. The number of hydrogen-bond acceptors (Lipinski definition) is 3. The number of carbonyl (C=O) groups excluding carboxylic acids is 1. The SMILES string of the molecule is Cc1cc(/C=N\NC(=O)CC[C@@H](O)c2ccccc2)c(C)n1-c1ccc(-c2ccccc2)cc1. The van der Waals surface area contributed by atoms with Crippen molar-refractivity contribution in [2.45, 2.75) is 32.8 Å². The van der Waals surface area contributed by atoms with Gasteiger partial charge < -0.3 is 9.67 Å². The lowest BCUT2D eigenvalue weighted by Gasteiger charge is -2.11. The predicted molar refractivity (Wildman–Crippen MR) is 137 cm³/mol. The third-order valence-electron chi connectivity index (χ3n) is 5.92. The monoisotopic (exact) mass is 451 g/mol. The summed E-state index contributed by atoms with van der Waals surface area (Å²) in [6.07, 6.45) is 1.55. The molecule has 0 saturated heterocycles. The van der Waals surface area contributed by atoms with Crippen molar-refractivity contribution in [3.05, 3.63) is 114 Å². The van der Waals surface area contributed by atoms with Crippen molar-refractivity contribution in [3.8, 4) is 16.8 Å².